The van der Waals surface area contributed by atoms with Crippen LogP contribution in [0.4, 0.5) is 4.39 Å². The number of hydrogen-bond donors (Lipinski definition) is 0. The van der Waals surface area contributed by atoms with E-state index >= 15 is 0 Å². The number of amidine groups is 1. The summed E-state index contributed by atoms with van der Waals surface area (Å²) in [5.74, 6) is -0.233. The second-order valence-corrected chi connectivity index (χ2v) is 8.10. The van der Waals surface area contributed by atoms with Crippen molar-refractivity contribution in [3.05, 3.63) is 35.1 Å². The number of ether oxygens (including phenoxy) is 1. The maximum absolute atomic E-state index is 14.6. The fourth-order valence-corrected chi connectivity index (χ4v) is 5.63. The van der Waals surface area contributed by atoms with Crippen molar-refractivity contribution in [2.24, 2.45) is 10.4 Å². The molecule has 1 amide bonds. The van der Waals surface area contributed by atoms with E-state index in [1.165, 1.54) is 17.8 Å². The number of benzene rings is 1. The number of methoxy groups -OCH3 is 1. The Morgan fingerprint density at radius 1 is 1.36 bits per heavy atom. The summed E-state index contributed by atoms with van der Waals surface area (Å²) >= 11 is 1.47. The Hall–Kier alpha value is -1.40. The summed E-state index contributed by atoms with van der Waals surface area (Å²) < 4.78 is 20.1. The molecule has 1 heterocycles. The zero-order valence-corrected chi connectivity index (χ0v) is 15.7. The van der Waals surface area contributed by atoms with E-state index in [0.717, 1.165) is 36.4 Å². The minimum Gasteiger partial charge on any atom is -0.381 e. The van der Waals surface area contributed by atoms with E-state index < -0.39 is 5.54 Å². The number of carbonyl (C=O) groups is 1. The first-order valence-corrected chi connectivity index (χ1v) is 9.94. The van der Waals surface area contributed by atoms with Crippen LogP contribution in [-0.4, -0.2) is 42.5 Å². The SMILES string of the molecule is COC1CCC2(CC1)Cc1c(F)cccc1C21N=C(SC)N(C)C1=O. The van der Waals surface area contributed by atoms with Crippen LogP contribution >= 0.6 is 11.8 Å². The summed E-state index contributed by atoms with van der Waals surface area (Å²) in [6.45, 7) is 0. The van der Waals surface area contributed by atoms with Crippen LogP contribution in [-0.2, 0) is 21.5 Å². The Morgan fingerprint density at radius 2 is 2.08 bits per heavy atom. The number of halogens is 1. The Bertz CT molecular complexity index is 758. The Morgan fingerprint density at radius 3 is 2.68 bits per heavy atom. The topological polar surface area (TPSA) is 41.9 Å². The van der Waals surface area contributed by atoms with E-state index in [1.54, 1.807) is 25.1 Å². The molecule has 0 bridgehead atoms. The van der Waals surface area contributed by atoms with E-state index in [0.29, 0.717) is 12.0 Å². The molecule has 1 aromatic rings. The van der Waals surface area contributed by atoms with Gasteiger partial charge < -0.3 is 4.74 Å². The van der Waals surface area contributed by atoms with Crippen LogP contribution in [0.1, 0.15) is 36.8 Å². The van der Waals surface area contributed by atoms with Gasteiger partial charge in [0.2, 0.25) is 0 Å². The van der Waals surface area contributed by atoms with Gasteiger partial charge in [-0.15, -0.1) is 0 Å². The fraction of sp³-hybridized carbons (Fsp3) is 0.579. The summed E-state index contributed by atoms with van der Waals surface area (Å²) in [6.07, 6.45) is 6.14. The molecular formula is C19H23FN2O2S. The molecular weight excluding hydrogens is 339 g/mol. The molecule has 2 aliphatic carbocycles. The highest BCUT2D eigenvalue weighted by Crippen LogP contribution is 2.62. The van der Waals surface area contributed by atoms with Crippen LogP contribution in [0.5, 0.6) is 0 Å². The third kappa shape index (κ3) is 2.10. The largest absolute Gasteiger partial charge is 0.381 e. The normalized spacial score (nSPS) is 34.1. The van der Waals surface area contributed by atoms with Crippen LogP contribution < -0.4 is 0 Å². The molecule has 1 aliphatic heterocycles. The highest BCUT2D eigenvalue weighted by atomic mass is 32.2. The van der Waals surface area contributed by atoms with Crippen molar-refractivity contribution >= 4 is 22.8 Å². The lowest BCUT2D eigenvalue weighted by molar-refractivity contribution is -0.137. The van der Waals surface area contributed by atoms with E-state index in [2.05, 4.69) is 0 Å². The van der Waals surface area contributed by atoms with Crippen LogP contribution in [0.3, 0.4) is 0 Å². The number of carbonyl (C=O) groups excluding carboxylic acids is 1. The standard InChI is InChI=1S/C19H23FN2O2S/c1-22-16(23)19(21-17(22)25-3)14-5-4-6-15(20)13(14)11-18(19)9-7-12(24-2)8-10-18/h4-6,12H,7-11H2,1-3H3. The van der Waals surface area contributed by atoms with Crippen molar-refractivity contribution < 1.29 is 13.9 Å². The number of fused-ring (bicyclic) bond motifs is 3. The lowest BCUT2D eigenvalue weighted by Gasteiger charge is -2.45. The van der Waals surface area contributed by atoms with Crippen LogP contribution in [0.2, 0.25) is 0 Å². The molecule has 134 valence electrons. The predicted octanol–water partition coefficient (Wildman–Crippen LogP) is 3.34. The van der Waals surface area contributed by atoms with Gasteiger partial charge in [0, 0.05) is 19.6 Å². The number of amides is 1. The summed E-state index contributed by atoms with van der Waals surface area (Å²) in [5, 5.41) is 0.718. The van der Waals surface area contributed by atoms with Crippen LogP contribution in [0.25, 0.3) is 0 Å². The first-order valence-electron chi connectivity index (χ1n) is 8.72. The number of rotatable bonds is 1. The first kappa shape index (κ1) is 17.0. The monoisotopic (exact) mass is 362 g/mol. The molecule has 0 N–H and O–H groups in total. The van der Waals surface area contributed by atoms with Gasteiger partial charge in [-0.05, 0) is 55.6 Å². The molecule has 1 aromatic carbocycles. The predicted molar refractivity (Wildman–Crippen MR) is 97.2 cm³/mol. The molecule has 0 aromatic heterocycles. The molecule has 1 unspecified atom stereocenters. The fourth-order valence-electron chi connectivity index (χ4n) is 5.05. The first-order chi connectivity index (χ1) is 12.0. The Kier molecular flexibility index (Phi) is 3.96. The van der Waals surface area contributed by atoms with Crippen LogP contribution in [0.15, 0.2) is 23.2 Å². The second kappa shape index (κ2) is 5.81. The second-order valence-electron chi connectivity index (χ2n) is 7.33. The van der Waals surface area contributed by atoms with Crippen LogP contribution in [0, 0.1) is 11.2 Å². The van der Waals surface area contributed by atoms with Crippen molar-refractivity contribution in [2.45, 2.75) is 43.7 Å². The molecule has 0 saturated heterocycles. The smallest absolute Gasteiger partial charge is 0.261 e. The molecule has 25 heavy (non-hydrogen) atoms. The summed E-state index contributed by atoms with van der Waals surface area (Å²) in [4.78, 5) is 20.0. The van der Waals surface area contributed by atoms with Gasteiger partial charge in [0.25, 0.3) is 5.91 Å². The number of hydrogen-bond acceptors (Lipinski definition) is 4. The Balaban J connectivity index is 1.91. The minimum absolute atomic E-state index is 0.0166. The van der Waals surface area contributed by atoms with Gasteiger partial charge in [0.1, 0.15) is 5.82 Å². The quantitative estimate of drug-likeness (QED) is 0.769. The van der Waals surface area contributed by atoms with Crippen molar-refractivity contribution in [1.82, 2.24) is 4.90 Å². The lowest BCUT2D eigenvalue weighted by atomic mass is 9.61. The molecule has 1 fully saturated rings. The van der Waals surface area contributed by atoms with Crippen molar-refractivity contribution in [2.75, 3.05) is 20.4 Å². The van der Waals surface area contributed by atoms with E-state index in [4.69, 9.17) is 9.73 Å². The number of nitrogens with zero attached hydrogens (tertiary/aromatic N) is 2. The Labute approximate surface area is 151 Å². The van der Waals surface area contributed by atoms with Gasteiger partial charge in [0.05, 0.1) is 6.10 Å². The van der Waals surface area contributed by atoms with Gasteiger partial charge >= 0.3 is 0 Å². The van der Waals surface area contributed by atoms with Gasteiger partial charge in [0.15, 0.2) is 10.7 Å². The molecule has 4 rings (SSSR count). The molecule has 6 heteroatoms. The summed E-state index contributed by atoms with van der Waals surface area (Å²) in [7, 11) is 3.51. The van der Waals surface area contributed by atoms with E-state index in [9.17, 15) is 9.18 Å². The average Bonchev–Trinajstić information content (AvgIpc) is 3.05. The van der Waals surface area contributed by atoms with E-state index in [-0.39, 0.29) is 23.2 Å². The number of likely N-dealkylation sites (N-methyl/N-ethyl adjacent to an activating group) is 1. The van der Waals surface area contributed by atoms with Crippen molar-refractivity contribution in [1.29, 1.82) is 0 Å². The average molecular weight is 362 g/mol. The molecule has 3 aliphatic rings. The molecule has 1 atom stereocenters. The van der Waals surface area contributed by atoms with Crippen molar-refractivity contribution in [3.63, 3.8) is 0 Å². The van der Waals surface area contributed by atoms with Gasteiger partial charge in [-0.1, -0.05) is 23.9 Å². The van der Waals surface area contributed by atoms with Gasteiger partial charge in [-0.25, -0.2) is 9.38 Å². The maximum atomic E-state index is 14.6. The summed E-state index contributed by atoms with van der Waals surface area (Å²) in [6, 6.07) is 5.10. The third-order valence-corrected chi connectivity index (χ3v) is 7.09. The molecule has 2 spiro atoms. The van der Waals surface area contributed by atoms with Gasteiger partial charge in [-0.3, -0.25) is 9.69 Å². The molecule has 0 radical (unpaired) electrons. The zero-order valence-electron chi connectivity index (χ0n) is 14.8. The minimum atomic E-state index is -0.976. The van der Waals surface area contributed by atoms with E-state index in [1.807, 2.05) is 12.3 Å². The zero-order chi connectivity index (χ0) is 17.8. The van der Waals surface area contributed by atoms with Crippen molar-refractivity contribution in [3.8, 4) is 0 Å². The highest BCUT2D eigenvalue weighted by molar-refractivity contribution is 8.13. The number of thioether (sulfide) groups is 1. The maximum Gasteiger partial charge on any atom is 0.261 e. The molecule has 4 nitrogen and oxygen atoms in total. The highest BCUT2D eigenvalue weighted by Gasteiger charge is 2.66. The third-order valence-electron chi connectivity index (χ3n) is 6.36. The lowest BCUT2D eigenvalue weighted by Crippen LogP contribution is -2.51. The number of aliphatic imine (C=N–C) groups is 1. The molecule has 1 saturated carbocycles. The van der Waals surface area contributed by atoms with Gasteiger partial charge in [-0.2, -0.15) is 0 Å². The summed E-state index contributed by atoms with van der Waals surface area (Å²) in [5.41, 5.74) is 0.113.